The molecule has 5 heteroatoms. The lowest BCUT2D eigenvalue weighted by atomic mass is 10.1. The average molecular weight is 258 g/mol. The number of hydrogen-bond acceptors (Lipinski definition) is 3. The molecular formula is C14H16N3O2+. The number of pyridine rings is 1. The Labute approximate surface area is 111 Å². The standard InChI is InChI=1S/C14H15N3O2/c1-16(10-9-12-5-3-2-4-6-12)14-8-7-13(11-15-14)17(18)19/h2-8,11H,9-10H2,1H3/p+1. The number of H-pyrrole nitrogens is 1. The van der Waals surface area contributed by atoms with E-state index in [-0.39, 0.29) is 5.69 Å². The molecule has 98 valence electrons. The van der Waals surface area contributed by atoms with Crippen molar-refractivity contribution in [1.29, 1.82) is 0 Å². The number of benzene rings is 1. The van der Waals surface area contributed by atoms with Crippen LogP contribution in [0.5, 0.6) is 0 Å². The summed E-state index contributed by atoms with van der Waals surface area (Å²) in [6, 6.07) is 13.5. The van der Waals surface area contributed by atoms with Crippen molar-refractivity contribution in [3.63, 3.8) is 0 Å². The summed E-state index contributed by atoms with van der Waals surface area (Å²) in [6.45, 7) is 0.846. The van der Waals surface area contributed by atoms with Gasteiger partial charge in [-0.15, -0.1) is 0 Å². The first-order valence-corrected chi connectivity index (χ1v) is 6.08. The van der Waals surface area contributed by atoms with Crippen LogP contribution in [0.4, 0.5) is 11.5 Å². The Kier molecular flexibility index (Phi) is 4.07. The van der Waals surface area contributed by atoms with Crippen LogP contribution in [-0.4, -0.2) is 18.5 Å². The number of nitro groups is 1. The van der Waals surface area contributed by atoms with Gasteiger partial charge in [0.1, 0.15) is 0 Å². The van der Waals surface area contributed by atoms with Crippen molar-refractivity contribution in [2.45, 2.75) is 6.42 Å². The quantitative estimate of drug-likeness (QED) is 0.609. The van der Waals surface area contributed by atoms with Gasteiger partial charge in [0.15, 0.2) is 6.20 Å². The van der Waals surface area contributed by atoms with Crippen LogP contribution in [0.1, 0.15) is 5.56 Å². The summed E-state index contributed by atoms with van der Waals surface area (Å²) in [4.78, 5) is 15.1. The van der Waals surface area contributed by atoms with Crippen LogP contribution in [0.3, 0.4) is 0 Å². The van der Waals surface area contributed by atoms with Gasteiger partial charge in [-0.25, -0.2) is 4.98 Å². The highest BCUT2D eigenvalue weighted by Crippen LogP contribution is 2.11. The first kappa shape index (κ1) is 13.0. The normalized spacial score (nSPS) is 10.2. The van der Waals surface area contributed by atoms with Gasteiger partial charge >= 0.3 is 5.69 Å². The molecule has 0 radical (unpaired) electrons. The van der Waals surface area contributed by atoms with Gasteiger partial charge in [0.25, 0.3) is 5.82 Å². The first-order chi connectivity index (χ1) is 9.16. The first-order valence-electron chi connectivity index (χ1n) is 6.08. The molecule has 0 saturated heterocycles. The fourth-order valence-corrected chi connectivity index (χ4v) is 1.82. The third-order valence-corrected chi connectivity index (χ3v) is 2.98. The molecule has 19 heavy (non-hydrogen) atoms. The predicted octanol–water partition coefficient (Wildman–Crippen LogP) is 2.09. The van der Waals surface area contributed by atoms with Gasteiger partial charge in [0.05, 0.1) is 18.5 Å². The molecule has 0 atom stereocenters. The maximum atomic E-state index is 10.6. The molecule has 2 rings (SSSR count). The Bertz CT molecular complexity index is 540. The van der Waals surface area contributed by atoms with Crippen molar-refractivity contribution in [2.24, 2.45) is 0 Å². The Morgan fingerprint density at radius 2 is 1.95 bits per heavy atom. The highest BCUT2D eigenvalue weighted by Gasteiger charge is 2.13. The fourth-order valence-electron chi connectivity index (χ4n) is 1.82. The molecule has 0 spiro atoms. The number of nitrogens with one attached hydrogen (secondary N) is 1. The molecule has 0 saturated carbocycles. The lowest BCUT2D eigenvalue weighted by Gasteiger charge is -2.10. The summed E-state index contributed by atoms with van der Waals surface area (Å²) >= 11 is 0. The summed E-state index contributed by atoms with van der Waals surface area (Å²) in [5.74, 6) is 0.863. The second-order valence-corrected chi connectivity index (χ2v) is 4.35. The number of likely N-dealkylation sites (N-methyl/N-ethyl adjacent to an activating group) is 1. The van der Waals surface area contributed by atoms with Gasteiger partial charge in [-0.1, -0.05) is 30.3 Å². The zero-order valence-electron chi connectivity index (χ0n) is 10.7. The van der Waals surface area contributed by atoms with Crippen LogP contribution in [-0.2, 0) is 6.42 Å². The summed E-state index contributed by atoms with van der Waals surface area (Å²) in [7, 11) is 1.96. The molecule has 1 N–H and O–H groups in total. The fraction of sp³-hybridized carbons (Fsp3) is 0.214. The Morgan fingerprint density at radius 3 is 2.53 bits per heavy atom. The van der Waals surface area contributed by atoms with Gasteiger partial charge in [0, 0.05) is 18.6 Å². The molecule has 0 unspecified atom stereocenters. The second-order valence-electron chi connectivity index (χ2n) is 4.35. The third-order valence-electron chi connectivity index (χ3n) is 2.98. The van der Waals surface area contributed by atoms with Crippen molar-refractivity contribution in [3.05, 3.63) is 64.3 Å². The van der Waals surface area contributed by atoms with Crippen LogP contribution in [0.2, 0.25) is 0 Å². The van der Waals surface area contributed by atoms with Gasteiger partial charge in [-0.2, -0.15) is 0 Å². The highest BCUT2D eigenvalue weighted by atomic mass is 16.6. The number of aromatic nitrogens is 1. The average Bonchev–Trinajstić information content (AvgIpc) is 2.46. The van der Waals surface area contributed by atoms with Crippen molar-refractivity contribution in [2.75, 3.05) is 18.5 Å². The SMILES string of the molecule is CN(CCc1ccccc1)c1ccc([N+](=O)[O-])c[nH+]1. The van der Waals surface area contributed by atoms with Crippen LogP contribution in [0.15, 0.2) is 48.7 Å². The van der Waals surface area contributed by atoms with Crippen LogP contribution in [0.25, 0.3) is 0 Å². The monoisotopic (exact) mass is 258 g/mol. The number of anilines is 1. The van der Waals surface area contributed by atoms with Gasteiger partial charge in [-0.3, -0.25) is 15.0 Å². The van der Waals surface area contributed by atoms with E-state index < -0.39 is 4.92 Å². The molecule has 1 aromatic carbocycles. The summed E-state index contributed by atoms with van der Waals surface area (Å²) in [5, 5.41) is 10.6. The lowest BCUT2D eigenvalue weighted by Crippen LogP contribution is -2.26. The number of hydrogen-bond donors (Lipinski definition) is 0. The van der Waals surface area contributed by atoms with Crippen molar-refractivity contribution < 1.29 is 9.91 Å². The van der Waals surface area contributed by atoms with Gasteiger partial charge in [-0.05, 0) is 5.56 Å². The topological polar surface area (TPSA) is 60.5 Å². The van der Waals surface area contributed by atoms with Crippen molar-refractivity contribution in [1.82, 2.24) is 0 Å². The van der Waals surface area contributed by atoms with Gasteiger partial charge < -0.3 is 0 Å². The molecule has 0 amide bonds. The molecule has 0 fully saturated rings. The highest BCUT2D eigenvalue weighted by molar-refractivity contribution is 5.36. The van der Waals surface area contributed by atoms with E-state index in [0.29, 0.717) is 0 Å². The number of aromatic amines is 1. The van der Waals surface area contributed by atoms with E-state index in [1.807, 2.05) is 30.1 Å². The molecule has 0 aliphatic heterocycles. The van der Waals surface area contributed by atoms with Crippen molar-refractivity contribution >= 4 is 11.5 Å². The molecular weight excluding hydrogens is 242 g/mol. The minimum atomic E-state index is -0.412. The molecule has 2 aromatic rings. The molecule has 0 aliphatic carbocycles. The largest absolute Gasteiger partial charge is 0.308 e. The van der Waals surface area contributed by atoms with Crippen molar-refractivity contribution in [3.8, 4) is 0 Å². The van der Waals surface area contributed by atoms with E-state index in [4.69, 9.17) is 0 Å². The van der Waals surface area contributed by atoms with E-state index in [1.165, 1.54) is 17.8 Å². The van der Waals surface area contributed by atoms with E-state index in [9.17, 15) is 10.1 Å². The lowest BCUT2D eigenvalue weighted by molar-refractivity contribution is -0.414. The van der Waals surface area contributed by atoms with E-state index >= 15 is 0 Å². The maximum Gasteiger partial charge on any atom is 0.308 e. The maximum absolute atomic E-state index is 10.6. The Balaban J connectivity index is 1.96. The van der Waals surface area contributed by atoms with Gasteiger partial charge in [0.2, 0.25) is 0 Å². The predicted molar refractivity (Wildman–Crippen MR) is 73.1 cm³/mol. The minimum Gasteiger partial charge on any atom is -0.264 e. The van der Waals surface area contributed by atoms with E-state index in [1.54, 1.807) is 6.07 Å². The summed E-state index contributed by atoms with van der Waals surface area (Å²) < 4.78 is 0. The number of rotatable bonds is 5. The molecule has 1 aromatic heterocycles. The molecule has 1 heterocycles. The zero-order valence-corrected chi connectivity index (χ0v) is 10.7. The smallest absolute Gasteiger partial charge is 0.264 e. The molecule has 5 nitrogen and oxygen atoms in total. The Morgan fingerprint density at radius 1 is 1.21 bits per heavy atom. The molecule has 0 bridgehead atoms. The third kappa shape index (κ3) is 3.51. The zero-order chi connectivity index (χ0) is 13.7. The second kappa shape index (κ2) is 5.95. The summed E-state index contributed by atoms with van der Waals surface area (Å²) in [5.41, 5.74) is 1.34. The summed E-state index contributed by atoms with van der Waals surface area (Å²) in [6.07, 6.45) is 2.34. The molecule has 0 aliphatic rings. The van der Waals surface area contributed by atoms with Crippen LogP contribution in [0, 0.1) is 10.1 Å². The van der Waals surface area contributed by atoms with E-state index in [2.05, 4.69) is 17.1 Å². The number of nitrogens with zero attached hydrogens (tertiary/aromatic N) is 2. The van der Waals surface area contributed by atoms with Crippen LogP contribution < -0.4 is 9.88 Å². The van der Waals surface area contributed by atoms with Crippen LogP contribution >= 0.6 is 0 Å². The minimum absolute atomic E-state index is 0.0696. The Hall–Kier alpha value is -2.43. The van der Waals surface area contributed by atoms with E-state index in [0.717, 1.165) is 18.8 Å².